The maximum Gasteiger partial charge on any atom is 0.226 e. The van der Waals surface area contributed by atoms with Gasteiger partial charge in [0.05, 0.1) is 0 Å². The molecule has 0 aliphatic carbocycles. The lowest BCUT2D eigenvalue weighted by molar-refractivity contribution is 0.285. The molecule has 0 fully saturated rings. The van der Waals surface area contributed by atoms with Crippen LogP contribution in [0, 0.1) is 0 Å². The third-order valence-corrected chi connectivity index (χ3v) is 2.32. The van der Waals surface area contributed by atoms with E-state index in [-0.39, 0.29) is 0 Å². The molecule has 2 aromatic rings. The largest absolute Gasteiger partial charge is 0.485 e. The molecule has 0 saturated heterocycles. The molecule has 0 unspecified atom stereocenters. The molecule has 17 heavy (non-hydrogen) atoms. The molecule has 0 atom stereocenters. The molecule has 5 nitrogen and oxygen atoms in total. The molecule has 0 radical (unpaired) electrons. The first kappa shape index (κ1) is 11.4. The van der Waals surface area contributed by atoms with E-state index >= 15 is 0 Å². The second-order valence-electron chi connectivity index (χ2n) is 3.52. The zero-order chi connectivity index (χ0) is 12.1. The molecule has 90 valence electrons. The van der Waals surface area contributed by atoms with Crippen molar-refractivity contribution >= 4 is 5.69 Å². The Bertz CT molecular complexity index is 465. The average molecular weight is 233 g/mol. The van der Waals surface area contributed by atoms with Crippen LogP contribution in [-0.2, 0) is 13.0 Å². The number of aromatic nitrogens is 2. The molecular formula is C12H15N3O2. The topological polar surface area (TPSA) is 60.2 Å². The quantitative estimate of drug-likeness (QED) is 0.858. The van der Waals surface area contributed by atoms with Crippen LogP contribution in [0.1, 0.15) is 18.6 Å². The predicted octanol–water partition coefficient (Wildman–Crippen LogP) is 2.25. The smallest absolute Gasteiger partial charge is 0.226 e. The Kier molecular flexibility index (Phi) is 3.59. The van der Waals surface area contributed by atoms with Crippen LogP contribution in [0.5, 0.6) is 5.75 Å². The average Bonchev–Trinajstić information content (AvgIpc) is 2.85. The van der Waals surface area contributed by atoms with E-state index in [0.29, 0.717) is 18.3 Å². The van der Waals surface area contributed by atoms with Gasteiger partial charge in [0, 0.05) is 19.2 Å². The molecule has 5 heteroatoms. The monoisotopic (exact) mass is 233 g/mol. The molecule has 0 bridgehead atoms. The maximum absolute atomic E-state index is 5.54. The molecule has 0 amide bonds. The van der Waals surface area contributed by atoms with E-state index in [1.807, 2.05) is 38.2 Å². The van der Waals surface area contributed by atoms with Gasteiger partial charge in [-0.3, -0.25) is 0 Å². The van der Waals surface area contributed by atoms with E-state index in [0.717, 1.165) is 17.9 Å². The van der Waals surface area contributed by atoms with Crippen LogP contribution in [0.15, 0.2) is 28.8 Å². The summed E-state index contributed by atoms with van der Waals surface area (Å²) in [4.78, 5) is 4.16. The lowest BCUT2D eigenvalue weighted by Gasteiger charge is -2.04. The van der Waals surface area contributed by atoms with Crippen LogP contribution in [-0.4, -0.2) is 17.2 Å². The van der Waals surface area contributed by atoms with Crippen molar-refractivity contribution in [2.45, 2.75) is 20.0 Å². The van der Waals surface area contributed by atoms with Gasteiger partial charge in [0.25, 0.3) is 0 Å². The van der Waals surface area contributed by atoms with E-state index in [9.17, 15) is 0 Å². The fourth-order valence-corrected chi connectivity index (χ4v) is 1.36. The SMILES string of the molecule is CCc1nc(COc2ccc(NC)cc2)no1. The Hall–Kier alpha value is -2.04. The summed E-state index contributed by atoms with van der Waals surface area (Å²) in [7, 11) is 1.88. The Morgan fingerprint density at radius 1 is 1.29 bits per heavy atom. The number of hydrogen-bond acceptors (Lipinski definition) is 5. The maximum atomic E-state index is 5.54. The Balaban J connectivity index is 1.92. The van der Waals surface area contributed by atoms with Crippen molar-refractivity contribution in [1.82, 2.24) is 10.1 Å². The van der Waals surface area contributed by atoms with Gasteiger partial charge in [-0.2, -0.15) is 4.98 Å². The van der Waals surface area contributed by atoms with E-state index in [1.54, 1.807) is 0 Å². The van der Waals surface area contributed by atoms with Crippen LogP contribution in [0.3, 0.4) is 0 Å². The Labute approximate surface area is 99.8 Å². The Morgan fingerprint density at radius 2 is 2.06 bits per heavy atom. The van der Waals surface area contributed by atoms with Gasteiger partial charge in [-0.15, -0.1) is 0 Å². The van der Waals surface area contributed by atoms with Gasteiger partial charge < -0.3 is 14.6 Å². The molecule has 1 aromatic carbocycles. The molecule has 0 spiro atoms. The predicted molar refractivity (Wildman–Crippen MR) is 64.0 cm³/mol. The van der Waals surface area contributed by atoms with Crippen molar-refractivity contribution in [1.29, 1.82) is 0 Å². The summed E-state index contributed by atoms with van der Waals surface area (Å²) in [5.74, 6) is 1.99. The summed E-state index contributed by atoms with van der Waals surface area (Å²) in [6, 6.07) is 7.69. The summed E-state index contributed by atoms with van der Waals surface area (Å²) in [6.07, 6.45) is 0.740. The van der Waals surface area contributed by atoms with Gasteiger partial charge >= 0.3 is 0 Å². The van der Waals surface area contributed by atoms with Crippen LogP contribution in [0.2, 0.25) is 0 Å². The number of rotatable bonds is 5. The van der Waals surface area contributed by atoms with Crippen molar-refractivity contribution < 1.29 is 9.26 Å². The summed E-state index contributed by atoms with van der Waals surface area (Å²) in [5, 5.41) is 6.86. The second-order valence-corrected chi connectivity index (χ2v) is 3.52. The van der Waals surface area contributed by atoms with E-state index in [4.69, 9.17) is 9.26 Å². The van der Waals surface area contributed by atoms with E-state index in [1.165, 1.54) is 0 Å². The van der Waals surface area contributed by atoms with Crippen LogP contribution >= 0.6 is 0 Å². The zero-order valence-corrected chi connectivity index (χ0v) is 9.93. The fourth-order valence-electron chi connectivity index (χ4n) is 1.36. The van der Waals surface area contributed by atoms with E-state index in [2.05, 4.69) is 15.5 Å². The molecule has 0 saturated carbocycles. The minimum absolute atomic E-state index is 0.322. The van der Waals surface area contributed by atoms with Crippen molar-refractivity contribution in [2.24, 2.45) is 0 Å². The van der Waals surface area contributed by atoms with Crippen molar-refractivity contribution in [3.05, 3.63) is 36.0 Å². The second kappa shape index (κ2) is 5.34. The Morgan fingerprint density at radius 3 is 2.65 bits per heavy atom. The van der Waals surface area contributed by atoms with Gasteiger partial charge in [0.15, 0.2) is 6.61 Å². The van der Waals surface area contributed by atoms with E-state index < -0.39 is 0 Å². The number of aryl methyl sites for hydroxylation is 1. The highest BCUT2D eigenvalue weighted by Gasteiger charge is 2.04. The van der Waals surface area contributed by atoms with Crippen LogP contribution in [0.25, 0.3) is 0 Å². The molecule has 1 aromatic heterocycles. The minimum Gasteiger partial charge on any atom is -0.485 e. The van der Waals surface area contributed by atoms with Crippen molar-refractivity contribution in [3.8, 4) is 5.75 Å². The highest BCUT2D eigenvalue weighted by atomic mass is 16.5. The highest BCUT2D eigenvalue weighted by Crippen LogP contribution is 2.16. The number of nitrogens with zero attached hydrogens (tertiary/aromatic N) is 2. The normalized spacial score (nSPS) is 10.2. The molecular weight excluding hydrogens is 218 g/mol. The molecule has 1 N–H and O–H groups in total. The summed E-state index contributed by atoms with van der Waals surface area (Å²) >= 11 is 0. The van der Waals surface area contributed by atoms with Crippen LogP contribution < -0.4 is 10.1 Å². The third kappa shape index (κ3) is 2.96. The molecule has 1 heterocycles. The minimum atomic E-state index is 0.322. The third-order valence-electron chi connectivity index (χ3n) is 2.32. The van der Waals surface area contributed by atoms with Crippen molar-refractivity contribution in [3.63, 3.8) is 0 Å². The number of ether oxygens (including phenoxy) is 1. The number of benzene rings is 1. The van der Waals surface area contributed by atoms with Gasteiger partial charge in [0.2, 0.25) is 11.7 Å². The highest BCUT2D eigenvalue weighted by molar-refractivity contribution is 5.45. The fraction of sp³-hybridized carbons (Fsp3) is 0.333. The van der Waals surface area contributed by atoms with Crippen molar-refractivity contribution in [2.75, 3.05) is 12.4 Å². The molecule has 0 aliphatic heterocycles. The number of anilines is 1. The number of nitrogens with one attached hydrogen (secondary N) is 1. The van der Waals surface area contributed by atoms with Gasteiger partial charge in [0.1, 0.15) is 5.75 Å². The first-order valence-electron chi connectivity index (χ1n) is 5.54. The van der Waals surface area contributed by atoms with Gasteiger partial charge in [-0.05, 0) is 24.3 Å². The zero-order valence-electron chi connectivity index (χ0n) is 9.93. The lowest BCUT2D eigenvalue weighted by atomic mass is 10.3. The summed E-state index contributed by atoms with van der Waals surface area (Å²) in [5.41, 5.74) is 1.05. The first-order chi connectivity index (χ1) is 8.31. The molecule has 0 aliphatic rings. The van der Waals surface area contributed by atoms with Crippen LogP contribution in [0.4, 0.5) is 5.69 Å². The standard InChI is InChI=1S/C12H15N3O2/c1-3-12-14-11(15-17-12)8-16-10-6-4-9(13-2)5-7-10/h4-7,13H,3,8H2,1-2H3. The van der Waals surface area contributed by atoms with Gasteiger partial charge in [-0.1, -0.05) is 12.1 Å². The van der Waals surface area contributed by atoms with Gasteiger partial charge in [-0.25, -0.2) is 0 Å². The lowest BCUT2D eigenvalue weighted by Crippen LogP contribution is -1.98. The first-order valence-corrected chi connectivity index (χ1v) is 5.54. The number of hydrogen-bond donors (Lipinski definition) is 1. The summed E-state index contributed by atoms with van der Waals surface area (Å²) in [6.45, 7) is 2.29. The summed E-state index contributed by atoms with van der Waals surface area (Å²) < 4.78 is 10.5. The molecule has 2 rings (SSSR count).